The van der Waals surface area contributed by atoms with Crippen LogP contribution in [-0.4, -0.2) is 42.2 Å². The minimum absolute atomic E-state index is 0.0195. The first-order valence-corrected chi connectivity index (χ1v) is 6.20. The Balaban J connectivity index is 1.68. The van der Waals surface area contributed by atoms with Gasteiger partial charge in [-0.2, -0.15) is 0 Å². The molecule has 2 aliphatic rings. The van der Waals surface area contributed by atoms with Crippen molar-refractivity contribution >= 4 is 11.7 Å². The van der Waals surface area contributed by atoms with Gasteiger partial charge >= 0.3 is 0 Å². The Morgan fingerprint density at radius 3 is 3.17 bits per heavy atom. The Hall–Kier alpha value is -1.53. The molecule has 2 saturated heterocycles. The van der Waals surface area contributed by atoms with Crippen LogP contribution in [0, 0.1) is 17.8 Å². The molecule has 3 heterocycles. The van der Waals surface area contributed by atoms with E-state index in [2.05, 4.69) is 20.6 Å². The molecule has 6 heteroatoms. The van der Waals surface area contributed by atoms with E-state index in [1.807, 2.05) is 0 Å². The van der Waals surface area contributed by atoms with E-state index < -0.39 is 0 Å². The molecule has 18 heavy (non-hydrogen) atoms. The van der Waals surface area contributed by atoms with Crippen molar-refractivity contribution < 1.29 is 9.53 Å². The SMILES string of the molecule is O=C(Nc1cnccn1)[C@@H]1COC[C@H]2CNC[C@H]21. The number of anilines is 1. The van der Waals surface area contributed by atoms with Gasteiger partial charge in [-0.3, -0.25) is 9.78 Å². The minimum Gasteiger partial charge on any atom is -0.380 e. The van der Waals surface area contributed by atoms with Gasteiger partial charge in [0.15, 0.2) is 5.82 Å². The van der Waals surface area contributed by atoms with Crippen LogP contribution in [0.3, 0.4) is 0 Å². The second-order valence-corrected chi connectivity index (χ2v) is 4.81. The molecule has 0 aliphatic carbocycles. The van der Waals surface area contributed by atoms with Gasteiger partial charge in [-0.1, -0.05) is 0 Å². The van der Waals surface area contributed by atoms with Gasteiger partial charge < -0.3 is 15.4 Å². The van der Waals surface area contributed by atoms with E-state index in [1.54, 1.807) is 18.6 Å². The topological polar surface area (TPSA) is 76.1 Å². The average Bonchev–Trinajstić information content (AvgIpc) is 2.87. The summed E-state index contributed by atoms with van der Waals surface area (Å²) in [5, 5.41) is 6.13. The fourth-order valence-corrected chi connectivity index (χ4v) is 2.73. The van der Waals surface area contributed by atoms with Crippen LogP contribution >= 0.6 is 0 Å². The summed E-state index contributed by atoms with van der Waals surface area (Å²) in [7, 11) is 0. The molecule has 3 atom stereocenters. The van der Waals surface area contributed by atoms with E-state index in [0.29, 0.717) is 24.3 Å². The summed E-state index contributed by atoms with van der Waals surface area (Å²) in [5.41, 5.74) is 0. The van der Waals surface area contributed by atoms with Gasteiger partial charge in [0.1, 0.15) is 0 Å². The number of fused-ring (bicyclic) bond motifs is 1. The first-order valence-electron chi connectivity index (χ1n) is 6.20. The van der Waals surface area contributed by atoms with E-state index >= 15 is 0 Å². The van der Waals surface area contributed by atoms with Crippen LogP contribution in [0.5, 0.6) is 0 Å². The third-order valence-corrected chi connectivity index (χ3v) is 3.69. The normalized spacial score (nSPS) is 30.8. The molecule has 3 rings (SSSR count). The summed E-state index contributed by atoms with van der Waals surface area (Å²) in [6.45, 7) is 3.09. The van der Waals surface area contributed by atoms with Gasteiger partial charge in [0.2, 0.25) is 5.91 Å². The molecule has 0 unspecified atom stereocenters. The van der Waals surface area contributed by atoms with Crippen molar-refractivity contribution in [2.75, 3.05) is 31.6 Å². The van der Waals surface area contributed by atoms with Crippen LogP contribution in [0.1, 0.15) is 0 Å². The predicted octanol–water partition coefficient (Wildman–Crippen LogP) is -0.103. The number of nitrogens with zero attached hydrogens (tertiary/aromatic N) is 2. The third kappa shape index (κ3) is 2.21. The highest BCUT2D eigenvalue weighted by molar-refractivity contribution is 5.92. The monoisotopic (exact) mass is 248 g/mol. The zero-order valence-electron chi connectivity index (χ0n) is 10.0. The molecule has 1 aromatic rings. The van der Waals surface area contributed by atoms with Crippen LogP contribution in [0.2, 0.25) is 0 Å². The van der Waals surface area contributed by atoms with Crippen LogP contribution in [0.4, 0.5) is 5.82 Å². The molecular formula is C12H16N4O2. The Morgan fingerprint density at radius 1 is 1.39 bits per heavy atom. The van der Waals surface area contributed by atoms with E-state index in [9.17, 15) is 4.79 Å². The number of rotatable bonds is 2. The fraction of sp³-hybridized carbons (Fsp3) is 0.583. The van der Waals surface area contributed by atoms with Gasteiger partial charge in [-0.15, -0.1) is 0 Å². The Kier molecular flexibility index (Phi) is 3.21. The molecule has 0 bridgehead atoms. The lowest BCUT2D eigenvalue weighted by atomic mass is 9.82. The predicted molar refractivity (Wildman–Crippen MR) is 64.8 cm³/mol. The van der Waals surface area contributed by atoms with Crippen LogP contribution < -0.4 is 10.6 Å². The molecule has 1 amide bonds. The van der Waals surface area contributed by atoms with Crippen molar-refractivity contribution in [3.8, 4) is 0 Å². The molecule has 0 radical (unpaired) electrons. The molecule has 1 aromatic heterocycles. The molecule has 2 fully saturated rings. The maximum atomic E-state index is 12.2. The summed E-state index contributed by atoms with van der Waals surface area (Å²) in [5.74, 6) is 1.21. The Bertz CT molecular complexity index is 425. The van der Waals surface area contributed by atoms with Crippen molar-refractivity contribution in [1.82, 2.24) is 15.3 Å². The minimum atomic E-state index is -0.0965. The van der Waals surface area contributed by atoms with Crippen LogP contribution in [0.15, 0.2) is 18.6 Å². The molecule has 6 nitrogen and oxygen atoms in total. The van der Waals surface area contributed by atoms with Crippen LogP contribution in [-0.2, 0) is 9.53 Å². The summed E-state index contributed by atoms with van der Waals surface area (Å²) >= 11 is 0. The maximum absolute atomic E-state index is 12.2. The number of carbonyl (C=O) groups excluding carboxylic acids is 1. The molecule has 0 aromatic carbocycles. The Labute approximate surface area is 105 Å². The number of hydrogen-bond donors (Lipinski definition) is 2. The number of aromatic nitrogens is 2. The second kappa shape index (κ2) is 4.99. The quantitative estimate of drug-likeness (QED) is 0.764. The van der Waals surface area contributed by atoms with E-state index in [4.69, 9.17) is 4.74 Å². The lowest BCUT2D eigenvalue weighted by Gasteiger charge is -2.31. The number of carbonyl (C=O) groups is 1. The Morgan fingerprint density at radius 2 is 2.33 bits per heavy atom. The standard InChI is InChI=1S/C12H16N4O2/c17-12(16-11-5-13-1-2-15-11)10-7-18-6-8-3-14-4-9(8)10/h1-2,5,8-10,14H,3-4,6-7H2,(H,15,16,17)/t8-,9-,10-/m1/s1. The first kappa shape index (κ1) is 11.6. The summed E-state index contributed by atoms with van der Waals surface area (Å²) in [6.07, 6.45) is 4.69. The summed E-state index contributed by atoms with van der Waals surface area (Å²) in [4.78, 5) is 20.2. The van der Waals surface area contributed by atoms with Gasteiger partial charge in [0, 0.05) is 18.9 Å². The number of ether oxygens (including phenoxy) is 1. The second-order valence-electron chi connectivity index (χ2n) is 4.81. The number of nitrogens with one attached hydrogen (secondary N) is 2. The highest BCUT2D eigenvalue weighted by atomic mass is 16.5. The molecule has 96 valence electrons. The van der Waals surface area contributed by atoms with Gasteiger partial charge in [0.25, 0.3) is 0 Å². The van der Waals surface area contributed by atoms with Crippen molar-refractivity contribution in [1.29, 1.82) is 0 Å². The van der Waals surface area contributed by atoms with Crippen molar-refractivity contribution in [3.63, 3.8) is 0 Å². The van der Waals surface area contributed by atoms with Crippen LogP contribution in [0.25, 0.3) is 0 Å². The van der Waals surface area contributed by atoms with E-state index in [1.165, 1.54) is 0 Å². The molecular weight excluding hydrogens is 232 g/mol. The number of amides is 1. The highest BCUT2D eigenvalue weighted by Crippen LogP contribution is 2.30. The van der Waals surface area contributed by atoms with E-state index in [0.717, 1.165) is 19.7 Å². The zero-order valence-corrected chi connectivity index (χ0v) is 10.0. The fourth-order valence-electron chi connectivity index (χ4n) is 2.73. The highest BCUT2D eigenvalue weighted by Gasteiger charge is 2.40. The molecule has 2 N–H and O–H groups in total. The smallest absolute Gasteiger partial charge is 0.231 e. The maximum Gasteiger partial charge on any atom is 0.231 e. The van der Waals surface area contributed by atoms with Gasteiger partial charge in [-0.05, 0) is 18.4 Å². The largest absolute Gasteiger partial charge is 0.380 e. The van der Waals surface area contributed by atoms with Gasteiger partial charge in [0.05, 0.1) is 25.3 Å². The molecule has 0 saturated carbocycles. The third-order valence-electron chi connectivity index (χ3n) is 3.69. The molecule has 2 aliphatic heterocycles. The summed E-state index contributed by atoms with van der Waals surface area (Å²) < 4.78 is 5.52. The van der Waals surface area contributed by atoms with Gasteiger partial charge in [-0.25, -0.2) is 4.98 Å². The molecule has 0 spiro atoms. The lowest BCUT2D eigenvalue weighted by Crippen LogP contribution is -2.42. The van der Waals surface area contributed by atoms with Crippen molar-refractivity contribution in [3.05, 3.63) is 18.6 Å². The number of hydrogen-bond acceptors (Lipinski definition) is 5. The van der Waals surface area contributed by atoms with Crippen molar-refractivity contribution in [2.45, 2.75) is 0 Å². The summed E-state index contributed by atoms with van der Waals surface area (Å²) in [6, 6.07) is 0. The average molecular weight is 248 g/mol. The first-order chi connectivity index (χ1) is 8.84. The zero-order chi connectivity index (χ0) is 12.4. The lowest BCUT2D eigenvalue weighted by molar-refractivity contribution is -0.128. The van der Waals surface area contributed by atoms with E-state index in [-0.39, 0.29) is 11.8 Å². The van der Waals surface area contributed by atoms with Crippen molar-refractivity contribution in [2.24, 2.45) is 17.8 Å².